The van der Waals surface area contributed by atoms with E-state index in [0.29, 0.717) is 12.0 Å². The van der Waals surface area contributed by atoms with E-state index < -0.39 is 0 Å². The highest BCUT2D eigenvalue weighted by Gasteiger charge is 2.15. The van der Waals surface area contributed by atoms with Crippen LogP contribution in [0.25, 0.3) is 0 Å². The normalized spacial score (nSPS) is 35.6. The summed E-state index contributed by atoms with van der Waals surface area (Å²) >= 11 is 0. The molecule has 1 fully saturated rings. The Morgan fingerprint density at radius 3 is 2.78 bits per heavy atom. The molecule has 9 heavy (non-hydrogen) atoms. The van der Waals surface area contributed by atoms with Crippen LogP contribution in [0.3, 0.4) is 0 Å². The molecular weight excluding hydrogens is 112 g/mol. The van der Waals surface area contributed by atoms with Crippen molar-refractivity contribution >= 4 is 0 Å². The smallest absolute Gasteiger partial charge is 0.0607 e. The number of hydrogen-bond donors (Lipinski definition) is 0. The van der Waals surface area contributed by atoms with Crippen LogP contribution in [0.1, 0.15) is 19.8 Å². The molecule has 0 aromatic heterocycles. The molecule has 50 valence electrons. The third-order valence-corrected chi connectivity index (χ3v) is 1.74. The standard InChI is InChI=1S/C8H12O/c1-3-8-5-4-7(2)9-6-8/h1,7-8H,4-6H2,2H3/t7-,8?/m0/s1. The minimum absolute atomic E-state index is 0.376. The van der Waals surface area contributed by atoms with Crippen molar-refractivity contribution in [1.82, 2.24) is 0 Å². The van der Waals surface area contributed by atoms with Crippen molar-refractivity contribution in [1.29, 1.82) is 0 Å². The Kier molecular flexibility index (Phi) is 2.13. The molecule has 1 rings (SSSR count). The summed E-state index contributed by atoms with van der Waals surface area (Å²) in [5, 5.41) is 0. The Labute approximate surface area is 56.4 Å². The van der Waals surface area contributed by atoms with Crippen LogP contribution in [0, 0.1) is 18.3 Å². The highest BCUT2D eigenvalue weighted by atomic mass is 16.5. The van der Waals surface area contributed by atoms with E-state index in [2.05, 4.69) is 12.8 Å². The molecule has 1 aliphatic heterocycles. The van der Waals surface area contributed by atoms with Crippen molar-refractivity contribution in [2.24, 2.45) is 5.92 Å². The highest BCUT2D eigenvalue weighted by molar-refractivity contribution is 4.94. The van der Waals surface area contributed by atoms with Gasteiger partial charge in [-0.25, -0.2) is 0 Å². The fraction of sp³-hybridized carbons (Fsp3) is 0.750. The van der Waals surface area contributed by atoms with Crippen molar-refractivity contribution < 1.29 is 4.74 Å². The first-order chi connectivity index (χ1) is 4.33. The van der Waals surface area contributed by atoms with E-state index in [1.807, 2.05) is 0 Å². The van der Waals surface area contributed by atoms with Crippen LogP contribution in [0.15, 0.2) is 0 Å². The van der Waals surface area contributed by atoms with Gasteiger partial charge in [-0.1, -0.05) is 0 Å². The van der Waals surface area contributed by atoms with Crippen molar-refractivity contribution in [3.05, 3.63) is 0 Å². The molecular formula is C8H12O. The Balaban J connectivity index is 2.28. The predicted octanol–water partition coefficient (Wildman–Crippen LogP) is 1.43. The average molecular weight is 124 g/mol. The van der Waals surface area contributed by atoms with Gasteiger partial charge in [-0.2, -0.15) is 0 Å². The van der Waals surface area contributed by atoms with Gasteiger partial charge in [0.25, 0.3) is 0 Å². The molecule has 0 saturated carbocycles. The Morgan fingerprint density at radius 1 is 1.56 bits per heavy atom. The monoisotopic (exact) mass is 124 g/mol. The number of hydrogen-bond acceptors (Lipinski definition) is 1. The first-order valence-electron chi connectivity index (χ1n) is 3.40. The van der Waals surface area contributed by atoms with Crippen molar-refractivity contribution in [3.63, 3.8) is 0 Å². The van der Waals surface area contributed by atoms with Crippen molar-refractivity contribution in [3.8, 4) is 12.3 Å². The summed E-state index contributed by atoms with van der Waals surface area (Å²) in [5.74, 6) is 3.08. The lowest BCUT2D eigenvalue weighted by Gasteiger charge is -2.22. The maximum Gasteiger partial charge on any atom is 0.0607 e. The Bertz CT molecular complexity index is 115. The molecule has 0 aromatic carbocycles. The van der Waals surface area contributed by atoms with Gasteiger partial charge in [0.15, 0.2) is 0 Å². The van der Waals surface area contributed by atoms with Crippen LogP contribution in [0.4, 0.5) is 0 Å². The molecule has 1 heterocycles. The summed E-state index contributed by atoms with van der Waals surface area (Å²) in [5.41, 5.74) is 0. The molecule has 1 heteroatoms. The van der Waals surface area contributed by atoms with Crippen LogP contribution in [-0.4, -0.2) is 12.7 Å². The van der Waals surface area contributed by atoms with Gasteiger partial charge in [-0.3, -0.25) is 0 Å². The largest absolute Gasteiger partial charge is 0.377 e. The fourth-order valence-electron chi connectivity index (χ4n) is 1.01. The number of terminal acetylenes is 1. The maximum atomic E-state index is 5.34. The van der Waals surface area contributed by atoms with E-state index in [1.54, 1.807) is 0 Å². The molecule has 0 aromatic rings. The Morgan fingerprint density at radius 2 is 2.33 bits per heavy atom. The lowest BCUT2D eigenvalue weighted by Crippen LogP contribution is -2.22. The van der Waals surface area contributed by atoms with Gasteiger partial charge in [0, 0.05) is 5.92 Å². The molecule has 1 saturated heterocycles. The lowest BCUT2D eigenvalue weighted by molar-refractivity contribution is 0.0100. The lowest BCUT2D eigenvalue weighted by atomic mass is 10.0. The summed E-state index contributed by atoms with van der Waals surface area (Å²) in [7, 11) is 0. The molecule has 0 radical (unpaired) electrons. The molecule has 0 amide bonds. The molecule has 0 N–H and O–H groups in total. The second-order valence-electron chi connectivity index (χ2n) is 2.58. The fourth-order valence-corrected chi connectivity index (χ4v) is 1.01. The first-order valence-corrected chi connectivity index (χ1v) is 3.40. The maximum absolute atomic E-state index is 5.34. The molecule has 0 spiro atoms. The highest BCUT2D eigenvalue weighted by Crippen LogP contribution is 2.16. The predicted molar refractivity (Wildman–Crippen MR) is 37.0 cm³/mol. The summed E-state index contributed by atoms with van der Waals surface area (Å²) in [6.07, 6.45) is 7.90. The van der Waals surface area contributed by atoms with E-state index in [-0.39, 0.29) is 0 Å². The van der Waals surface area contributed by atoms with Crippen LogP contribution in [0.5, 0.6) is 0 Å². The van der Waals surface area contributed by atoms with E-state index >= 15 is 0 Å². The molecule has 1 nitrogen and oxygen atoms in total. The number of ether oxygens (including phenoxy) is 1. The van der Waals surface area contributed by atoms with E-state index in [9.17, 15) is 0 Å². The number of rotatable bonds is 0. The molecule has 2 atom stereocenters. The third-order valence-electron chi connectivity index (χ3n) is 1.74. The SMILES string of the molecule is C#CC1CC[C@H](C)OC1. The average Bonchev–Trinajstić information content (AvgIpc) is 1.90. The van der Waals surface area contributed by atoms with Gasteiger partial charge in [0.05, 0.1) is 12.7 Å². The second-order valence-corrected chi connectivity index (χ2v) is 2.58. The minimum atomic E-state index is 0.376. The Hall–Kier alpha value is -0.480. The van der Waals surface area contributed by atoms with Gasteiger partial charge >= 0.3 is 0 Å². The topological polar surface area (TPSA) is 9.23 Å². The second kappa shape index (κ2) is 2.89. The van der Waals surface area contributed by atoms with E-state index in [4.69, 9.17) is 11.2 Å². The van der Waals surface area contributed by atoms with Crippen molar-refractivity contribution in [2.45, 2.75) is 25.9 Å². The third kappa shape index (κ3) is 1.73. The van der Waals surface area contributed by atoms with Crippen LogP contribution in [-0.2, 0) is 4.74 Å². The van der Waals surface area contributed by atoms with Gasteiger partial charge in [-0.05, 0) is 19.8 Å². The molecule has 0 bridgehead atoms. The van der Waals surface area contributed by atoms with Gasteiger partial charge in [0.2, 0.25) is 0 Å². The first kappa shape index (κ1) is 6.64. The summed E-state index contributed by atoms with van der Waals surface area (Å²) in [6.45, 7) is 2.85. The van der Waals surface area contributed by atoms with Crippen molar-refractivity contribution in [2.75, 3.05) is 6.61 Å². The summed E-state index contributed by atoms with van der Waals surface area (Å²) < 4.78 is 5.34. The molecule has 1 aliphatic rings. The van der Waals surface area contributed by atoms with Gasteiger partial charge < -0.3 is 4.74 Å². The van der Waals surface area contributed by atoms with Gasteiger partial charge in [0.1, 0.15) is 0 Å². The van der Waals surface area contributed by atoms with Crippen LogP contribution < -0.4 is 0 Å². The summed E-state index contributed by atoms with van der Waals surface area (Å²) in [4.78, 5) is 0. The van der Waals surface area contributed by atoms with Crippen LogP contribution >= 0.6 is 0 Å². The van der Waals surface area contributed by atoms with Crippen LogP contribution in [0.2, 0.25) is 0 Å². The minimum Gasteiger partial charge on any atom is -0.377 e. The zero-order valence-electron chi connectivity index (χ0n) is 5.76. The summed E-state index contributed by atoms with van der Waals surface area (Å²) in [6, 6.07) is 0. The van der Waals surface area contributed by atoms with E-state index in [0.717, 1.165) is 19.4 Å². The quantitative estimate of drug-likeness (QED) is 0.444. The molecule has 1 unspecified atom stereocenters. The van der Waals surface area contributed by atoms with E-state index in [1.165, 1.54) is 0 Å². The zero-order valence-corrected chi connectivity index (χ0v) is 5.76. The zero-order chi connectivity index (χ0) is 6.69. The molecule has 0 aliphatic carbocycles. The van der Waals surface area contributed by atoms with Gasteiger partial charge in [-0.15, -0.1) is 12.3 Å².